The van der Waals surface area contributed by atoms with Crippen molar-refractivity contribution >= 4 is 32.5 Å². The summed E-state index contributed by atoms with van der Waals surface area (Å²) in [6.45, 7) is 0.228. The van der Waals surface area contributed by atoms with Crippen LogP contribution in [0.4, 0.5) is 5.69 Å². The van der Waals surface area contributed by atoms with Gasteiger partial charge in [-0.3, -0.25) is 4.72 Å². The van der Waals surface area contributed by atoms with Gasteiger partial charge in [0.25, 0.3) is 10.0 Å². The molecule has 1 aliphatic rings. The number of anilines is 1. The van der Waals surface area contributed by atoms with Crippen molar-refractivity contribution in [2.75, 3.05) is 4.72 Å². The standard InChI is InChI=1S/C18H13NO4S/c20-18-17-10-15(7-5-14(17)11-23-18)19-24(21,22)16-8-6-12-3-1-2-4-13(12)9-16/h1-10,19H,11H2. The van der Waals surface area contributed by atoms with Crippen LogP contribution in [0.25, 0.3) is 10.8 Å². The maximum atomic E-state index is 12.6. The summed E-state index contributed by atoms with van der Waals surface area (Å²) in [5, 5.41) is 1.81. The lowest BCUT2D eigenvalue weighted by Gasteiger charge is -2.09. The van der Waals surface area contributed by atoms with Gasteiger partial charge in [-0.15, -0.1) is 0 Å². The fourth-order valence-corrected chi connectivity index (χ4v) is 3.81. The van der Waals surface area contributed by atoms with Gasteiger partial charge in [0.05, 0.1) is 10.5 Å². The minimum absolute atomic E-state index is 0.171. The van der Waals surface area contributed by atoms with E-state index in [1.54, 1.807) is 30.3 Å². The molecule has 0 amide bonds. The van der Waals surface area contributed by atoms with E-state index in [4.69, 9.17) is 4.74 Å². The summed E-state index contributed by atoms with van der Waals surface area (Å²) in [5.74, 6) is -0.434. The number of benzene rings is 3. The van der Waals surface area contributed by atoms with Gasteiger partial charge in [-0.2, -0.15) is 0 Å². The molecule has 0 saturated carbocycles. The monoisotopic (exact) mass is 339 g/mol. The highest BCUT2D eigenvalue weighted by molar-refractivity contribution is 7.92. The molecule has 5 nitrogen and oxygen atoms in total. The molecule has 1 N–H and O–H groups in total. The van der Waals surface area contributed by atoms with Gasteiger partial charge in [0.2, 0.25) is 0 Å². The summed E-state index contributed by atoms with van der Waals surface area (Å²) < 4.78 is 32.6. The Morgan fingerprint density at radius 2 is 1.71 bits per heavy atom. The second-order valence-corrected chi connectivity index (χ2v) is 7.24. The van der Waals surface area contributed by atoms with E-state index < -0.39 is 16.0 Å². The van der Waals surface area contributed by atoms with Crippen LogP contribution in [0.5, 0.6) is 0 Å². The Labute approximate surface area is 138 Å². The molecule has 120 valence electrons. The molecule has 0 aromatic heterocycles. The molecule has 0 saturated heterocycles. The normalized spacial score (nSPS) is 13.6. The van der Waals surface area contributed by atoms with Crippen LogP contribution < -0.4 is 4.72 Å². The van der Waals surface area contributed by atoms with E-state index >= 15 is 0 Å². The second-order valence-electron chi connectivity index (χ2n) is 5.56. The van der Waals surface area contributed by atoms with Gasteiger partial charge in [0.1, 0.15) is 6.61 Å². The van der Waals surface area contributed by atoms with Gasteiger partial charge in [-0.25, -0.2) is 13.2 Å². The van der Waals surface area contributed by atoms with Crippen LogP contribution in [0.1, 0.15) is 15.9 Å². The van der Waals surface area contributed by atoms with Crippen LogP contribution in [0.3, 0.4) is 0 Å². The minimum Gasteiger partial charge on any atom is -0.457 e. The first-order valence-electron chi connectivity index (χ1n) is 7.35. The van der Waals surface area contributed by atoms with Gasteiger partial charge in [0.15, 0.2) is 0 Å². The summed E-state index contributed by atoms with van der Waals surface area (Å²) in [6, 6.07) is 17.3. The van der Waals surface area contributed by atoms with Crippen LogP contribution in [0, 0.1) is 0 Å². The van der Waals surface area contributed by atoms with Crippen molar-refractivity contribution in [2.24, 2.45) is 0 Å². The van der Waals surface area contributed by atoms with Gasteiger partial charge >= 0.3 is 5.97 Å². The van der Waals surface area contributed by atoms with Gasteiger partial charge in [-0.1, -0.05) is 36.4 Å². The van der Waals surface area contributed by atoms with Crippen molar-refractivity contribution in [3.8, 4) is 0 Å². The SMILES string of the molecule is O=C1OCc2ccc(NS(=O)(=O)c3ccc4ccccc4c3)cc21. The quantitative estimate of drug-likeness (QED) is 0.743. The smallest absolute Gasteiger partial charge is 0.338 e. The molecule has 0 fully saturated rings. The highest BCUT2D eigenvalue weighted by Crippen LogP contribution is 2.26. The van der Waals surface area contributed by atoms with E-state index in [-0.39, 0.29) is 11.5 Å². The number of ether oxygens (including phenoxy) is 1. The number of sulfonamides is 1. The Hall–Kier alpha value is -2.86. The zero-order valence-electron chi connectivity index (χ0n) is 12.5. The molecule has 4 rings (SSSR count). The predicted molar refractivity (Wildman–Crippen MR) is 90.3 cm³/mol. The van der Waals surface area contributed by atoms with Gasteiger partial charge < -0.3 is 4.74 Å². The molecule has 0 atom stereocenters. The topological polar surface area (TPSA) is 72.5 Å². The molecule has 1 aliphatic heterocycles. The summed E-state index contributed by atoms with van der Waals surface area (Å²) in [5.41, 5.74) is 1.49. The lowest BCUT2D eigenvalue weighted by molar-refractivity contribution is 0.0535. The van der Waals surface area contributed by atoms with Crippen LogP contribution in [0.2, 0.25) is 0 Å². The Kier molecular flexibility index (Phi) is 3.28. The van der Waals surface area contributed by atoms with Crippen molar-refractivity contribution in [3.05, 3.63) is 71.8 Å². The zero-order valence-corrected chi connectivity index (χ0v) is 13.3. The Morgan fingerprint density at radius 1 is 0.917 bits per heavy atom. The number of carbonyl (C=O) groups excluding carboxylic acids is 1. The molecule has 0 bridgehead atoms. The second kappa shape index (κ2) is 5.35. The zero-order chi connectivity index (χ0) is 16.7. The highest BCUT2D eigenvalue weighted by Gasteiger charge is 2.22. The van der Waals surface area contributed by atoms with E-state index in [0.717, 1.165) is 16.3 Å². The minimum atomic E-state index is -3.74. The lowest BCUT2D eigenvalue weighted by atomic mass is 10.1. The molecule has 0 unspecified atom stereocenters. The van der Waals surface area contributed by atoms with Crippen molar-refractivity contribution < 1.29 is 17.9 Å². The van der Waals surface area contributed by atoms with E-state index in [2.05, 4.69) is 4.72 Å². The summed E-state index contributed by atoms with van der Waals surface area (Å²) in [4.78, 5) is 11.8. The Balaban J connectivity index is 1.70. The van der Waals surface area contributed by atoms with Gasteiger partial charge in [-0.05, 0) is 35.0 Å². The number of nitrogens with one attached hydrogen (secondary N) is 1. The molecule has 0 spiro atoms. The molecule has 24 heavy (non-hydrogen) atoms. The molecular formula is C18H13NO4S. The number of rotatable bonds is 3. The molecular weight excluding hydrogens is 326 g/mol. The summed E-state index contributed by atoms with van der Waals surface area (Å²) in [6.07, 6.45) is 0. The van der Waals surface area contributed by atoms with Crippen LogP contribution in [-0.4, -0.2) is 14.4 Å². The first kappa shape index (κ1) is 14.7. The molecule has 6 heteroatoms. The van der Waals surface area contributed by atoms with Gasteiger partial charge in [0, 0.05) is 11.3 Å². The molecule has 0 aliphatic carbocycles. The van der Waals surface area contributed by atoms with E-state index in [1.807, 2.05) is 24.3 Å². The molecule has 3 aromatic carbocycles. The number of hydrogen-bond acceptors (Lipinski definition) is 4. The Bertz CT molecular complexity index is 1070. The van der Waals surface area contributed by atoms with Crippen LogP contribution in [0.15, 0.2) is 65.6 Å². The third-order valence-corrected chi connectivity index (χ3v) is 5.35. The molecule has 0 radical (unpaired) electrons. The third-order valence-electron chi connectivity index (χ3n) is 3.97. The van der Waals surface area contributed by atoms with E-state index in [0.29, 0.717) is 11.3 Å². The average molecular weight is 339 g/mol. The Morgan fingerprint density at radius 3 is 2.54 bits per heavy atom. The molecule has 3 aromatic rings. The summed E-state index contributed by atoms with van der Waals surface area (Å²) >= 11 is 0. The van der Waals surface area contributed by atoms with Crippen LogP contribution in [-0.2, 0) is 21.4 Å². The van der Waals surface area contributed by atoms with E-state index in [1.165, 1.54) is 6.07 Å². The first-order chi connectivity index (χ1) is 11.5. The number of cyclic esters (lactones) is 1. The van der Waals surface area contributed by atoms with Crippen molar-refractivity contribution in [1.29, 1.82) is 0 Å². The third kappa shape index (κ3) is 2.51. The van der Waals surface area contributed by atoms with Crippen LogP contribution >= 0.6 is 0 Å². The largest absolute Gasteiger partial charge is 0.457 e. The summed E-state index contributed by atoms with van der Waals surface area (Å²) in [7, 11) is -3.74. The average Bonchev–Trinajstić information content (AvgIpc) is 2.95. The fourth-order valence-electron chi connectivity index (χ4n) is 2.73. The van der Waals surface area contributed by atoms with Crippen molar-refractivity contribution in [3.63, 3.8) is 0 Å². The number of esters is 1. The fraction of sp³-hybridized carbons (Fsp3) is 0.0556. The number of hydrogen-bond donors (Lipinski definition) is 1. The van der Waals surface area contributed by atoms with Crippen molar-refractivity contribution in [1.82, 2.24) is 0 Å². The van der Waals surface area contributed by atoms with Crippen molar-refractivity contribution in [2.45, 2.75) is 11.5 Å². The predicted octanol–water partition coefficient (Wildman–Crippen LogP) is 3.31. The number of carbonyl (C=O) groups is 1. The lowest BCUT2D eigenvalue weighted by Crippen LogP contribution is -2.13. The number of fused-ring (bicyclic) bond motifs is 2. The first-order valence-corrected chi connectivity index (χ1v) is 8.83. The highest BCUT2D eigenvalue weighted by atomic mass is 32.2. The molecule has 1 heterocycles. The maximum Gasteiger partial charge on any atom is 0.338 e. The maximum absolute atomic E-state index is 12.6. The van der Waals surface area contributed by atoms with E-state index in [9.17, 15) is 13.2 Å².